The Morgan fingerprint density at radius 1 is 0.514 bits per heavy atom. The highest BCUT2D eigenvalue weighted by atomic mass is 79.9. The minimum atomic E-state index is -1.31. The number of nitrogens with one attached hydrogen (secondary N) is 3. The van der Waals surface area contributed by atoms with Crippen LogP contribution in [0.4, 0.5) is 28.9 Å². The van der Waals surface area contributed by atoms with Gasteiger partial charge in [0.2, 0.25) is 0 Å². The van der Waals surface area contributed by atoms with Gasteiger partial charge in [-0.05, 0) is 139 Å². The predicted octanol–water partition coefficient (Wildman–Crippen LogP) is 14.8. The Morgan fingerprint density at radius 2 is 0.952 bits per heavy atom. The largest absolute Gasteiger partial charge is 0.462 e. The lowest BCUT2D eigenvalue weighted by Crippen LogP contribution is -2.43. The summed E-state index contributed by atoms with van der Waals surface area (Å²) in [4.78, 5) is 74.1. The van der Waals surface area contributed by atoms with Crippen LogP contribution in [0.5, 0.6) is 0 Å². The summed E-state index contributed by atoms with van der Waals surface area (Å²) >= 11 is 21.9. The molecule has 4 saturated carbocycles. The molecule has 7 aromatic carbocycles. The van der Waals surface area contributed by atoms with E-state index in [1.54, 1.807) is 140 Å². The number of hydrogen-bond donors (Lipinski definition) is 5. The molecule has 0 radical (unpaired) electrons. The zero-order valence-electron chi connectivity index (χ0n) is 55.5. The van der Waals surface area contributed by atoms with Crippen molar-refractivity contribution in [2.24, 2.45) is 54.5 Å². The molecule has 12 atom stereocenters. The monoisotopic (exact) mass is 1550 g/mol. The number of nitrogens with two attached hydrogens (primary N) is 2. The fourth-order valence-corrected chi connectivity index (χ4v) is 14.7. The van der Waals surface area contributed by atoms with Crippen LogP contribution in [-0.2, 0) is 47.5 Å². The van der Waals surface area contributed by atoms with Crippen LogP contribution in [0.25, 0.3) is 10.4 Å². The Hall–Kier alpha value is -10.4. The average molecular weight is 1550 g/mol. The number of nitrogen functional groups attached to an aromatic ring is 1. The number of anilines is 1. The minimum Gasteiger partial charge on any atom is -0.462 e. The lowest BCUT2D eigenvalue weighted by molar-refractivity contribution is 0.0941. The second-order valence-electron chi connectivity index (χ2n) is 26.2. The van der Waals surface area contributed by atoms with Crippen LogP contribution in [-0.4, -0.2) is 104 Å². The van der Waals surface area contributed by atoms with E-state index in [2.05, 4.69) is 66.9 Å². The molecule has 105 heavy (non-hydrogen) atoms. The van der Waals surface area contributed by atoms with Crippen molar-refractivity contribution in [3.63, 3.8) is 0 Å². The third kappa shape index (κ3) is 15.6. The van der Waals surface area contributed by atoms with Crippen molar-refractivity contribution in [2.75, 3.05) is 32.4 Å². The smallest absolute Gasteiger partial charge is 0.292 e. The van der Waals surface area contributed by atoms with Gasteiger partial charge in [0.15, 0.2) is 5.78 Å². The number of rotatable bonds is 15. The number of aliphatic imine (C=N–C) groups is 4. The van der Waals surface area contributed by atoms with Crippen LogP contribution in [0.15, 0.2) is 224 Å². The molecule has 16 rings (SSSR count). The van der Waals surface area contributed by atoms with Gasteiger partial charge >= 0.3 is 0 Å². The molecule has 538 valence electrons. The molecular formula is C76H65BrCl3F4N13O8. The number of fused-ring (bicyclic) bond motifs is 4. The molecule has 29 heteroatoms. The predicted molar refractivity (Wildman–Crippen MR) is 392 cm³/mol. The van der Waals surface area contributed by atoms with E-state index in [1.165, 1.54) is 12.3 Å². The Balaban J connectivity index is 0.000000124. The molecule has 4 fully saturated rings. The third-order valence-electron chi connectivity index (χ3n) is 19.4. The van der Waals surface area contributed by atoms with E-state index >= 15 is 0 Å². The van der Waals surface area contributed by atoms with Gasteiger partial charge in [0.1, 0.15) is 79.0 Å². The molecule has 8 aromatic rings. The van der Waals surface area contributed by atoms with Crippen LogP contribution < -0.4 is 27.4 Å². The fraction of sp³-hybridized carbons (Fsp3) is 0.276. The van der Waals surface area contributed by atoms with Crippen molar-refractivity contribution >= 4 is 110 Å². The first-order chi connectivity index (χ1) is 50.7. The number of aromatic nitrogens is 1. The van der Waals surface area contributed by atoms with E-state index < -0.39 is 54.8 Å². The fourth-order valence-electron chi connectivity index (χ4n) is 13.7. The second kappa shape index (κ2) is 30.8. The number of pyridine rings is 1. The Morgan fingerprint density at radius 3 is 1.42 bits per heavy atom. The molecule has 0 unspecified atom stereocenters. The maximum absolute atomic E-state index is 14.4. The summed E-state index contributed by atoms with van der Waals surface area (Å²) in [7, 11) is 0. The maximum Gasteiger partial charge on any atom is 0.292 e. The second-order valence-corrected chi connectivity index (χ2v) is 28.3. The number of ether oxygens (including phenoxy) is 4. The van der Waals surface area contributed by atoms with Crippen LogP contribution >= 0.6 is 50.7 Å². The van der Waals surface area contributed by atoms with Gasteiger partial charge in [0.25, 0.3) is 41.8 Å². The van der Waals surface area contributed by atoms with Gasteiger partial charge in [0, 0.05) is 94.9 Å². The molecule has 0 bridgehead atoms. The van der Waals surface area contributed by atoms with Crippen molar-refractivity contribution < 1.29 is 55.7 Å². The third-order valence-corrected chi connectivity index (χ3v) is 20.8. The van der Waals surface area contributed by atoms with Crippen LogP contribution in [0, 0.1) is 23.7 Å². The van der Waals surface area contributed by atoms with Gasteiger partial charge < -0.3 is 30.4 Å². The SMILES string of the molecule is NC1=N[C@](CF)(c2cccc(CC(=O)c3ccc(Cl)cn3)c2)[C@H]2C[C@H]2O1.Nc1cccc([C@@]2(CF)N=C(NC(=O)c3ccccc3)O[C@@H]3C[C@@H]32)c1.O=C(NC1=N[C@](CF)(c2cc(Br)ccc2Cl)[C@H]2C[C@H]2O1)c1ccccc1.[N-]=[N+]=Nc1ccc(Cl)c([C@@]2(CF)N=C(NC(=O)c3ccccc3)O[C@@H]3C[C@@H]32)c1. The van der Waals surface area contributed by atoms with Gasteiger partial charge in [-0.2, -0.15) is 0 Å². The van der Waals surface area contributed by atoms with Gasteiger partial charge in [0.05, 0.1) is 5.02 Å². The molecule has 3 amide bonds. The van der Waals surface area contributed by atoms with E-state index in [-0.39, 0.29) is 96.2 Å². The number of ketones is 1. The minimum absolute atomic E-state index is 0.0215. The van der Waals surface area contributed by atoms with Gasteiger partial charge in [-0.25, -0.2) is 37.5 Å². The molecule has 4 aliphatic carbocycles. The number of azide groups is 1. The summed E-state index contributed by atoms with van der Waals surface area (Å²) in [5, 5.41) is 12.7. The molecule has 0 spiro atoms. The quantitative estimate of drug-likeness (QED) is 0.0160. The van der Waals surface area contributed by atoms with Gasteiger partial charge in [-0.3, -0.25) is 40.1 Å². The molecule has 8 aliphatic rings. The lowest BCUT2D eigenvalue weighted by Gasteiger charge is -2.32. The van der Waals surface area contributed by atoms with Gasteiger partial charge in [-0.1, -0.05) is 153 Å². The number of benzene rings is 7. The average Bonchev–Trinajstić information content (AvgIpc) is 1.59. The number of Topliss-reactive ketones (excluding diaryl/α,β-unsaturated/α-hetero) is 1. The molecule has 4 aliphatic heterocycles. The Labute approximate surface area is 622 Å². The highest BCUT2D eigenvalue weighted by Crippen LogP contribution is 2.58. The molecule has 7 N–H and O–H groups in total. The van der Waals surface area contributed by atoms with Crippen molar-refractivity contribution in [1.29, 1.82) is 0 Å². The van der Waals surface area contributed by atoms with Crippen LogP contribution in [0.3, 0.4) is 0 Å². The molecule has 5 heterocycles. The number of carbonyl (C=O) groups is 4. The molecule has 1 aromatic heterocycles. The lowest BCUT2D eigenvalue weighted by atomic mass is 9.85. The van der Waals surface area contributed by atoms with E-state index in [1.807, 2.05) is 42.5 Å². The number of amides is 3. The van der Waals surface area contributed by atoms with Crippen LogP contribution in [0.2, 0.25) is 15.1 Å². The number of nitrogens with zero attached hydrogens (tertiary/aromatic N) is 8. The zero-order chi connectivity index (χ0) is 73.8. The van der Waals surface area contributed by atoms with Gasteiger partial charge in [-0.15, -0.1) is 0 Å². The number of amidine groups is 4. The summed E-state index contributed by atoms with van der Waals surface area (Å²) in [6, 6.07) is 53.6. The zero-order valence-corrected chi connectivity index (χ0v) is 59.3. The van der Waals surface area contributed by atoms with Crippen molar-refractivity contribution in [3.8, 4) is 0 Å². The number of halogens is 8. The van der Waals surface area contributed by atoms with E-state index in [4.69, 9.17) is 70.7 Å². The summed E-state index contributed by atoms with van der Waals surface area (Å²) in [5.74, 6) is -1.60. The summed E-state index contributed by atoms with van der Waals surface area (Å²) in [5.41, 5.74) is 21.5. The Bertz CT molecular complexity index is 4830. The highest BCUT2D eigenvalue weighted by Gasteiger charge is 2.63. The van der Waals surface area contributed by atoms with E-state index in [9.17, 15) is 36.7 Å². The topological polar surface area (TPSA) is 304 Å². The summed E-state index contributed by atoms with van der Waals surface area (Å²) < 4.78 is 80.1. The first kappa shape index (κ1) is 73.0. The van der Waals surface area contributed by atoms with E-state index in [0.29, 0.717) is 90.3 Å². The Kier molecular flexibility index (Phi) is 21.4. The highest BCUT2D eigenvalue weighted by molar-refractivity contribution is 9.10. The van der Waals surface area contributed by atoms with E-state index in [0.717, 1.165) is 16.5 Å². The first-order valence-electron chi connectivity index (χ1n) is 33.3. The van der Waals surface area contributed by atoms with Crippen molar-refractivity contribution in [1.82, 2.24) is 20.9 Å². The summed E-state index contributed by atoms with van der Waals surface area (Å²) in [6.45, 7) is -2.89. The standard InChI is InChI=1S/C19H15BrClFN2O2.C19H15ClFN5O2.C19H17ClFN3O2.C19H18FN3O2/c20-12-6-7-15(21)13(8-12)19(10-22)14-9-16(14)26-18(24-19)23-17(25)11-4-2-1-3-5-11;20-15-7-6-12(25-26-22)8-13(15)19(10-21)14-9-16(14)28-18(24-19)23-17(27)11-4-2-1-3-5-11;20-13-4-5-15(23-9-13)16(25)7-11-2-1-3-12(6-11)19(10-21)14-8-17(14)26-18(22)24-19;20-11-19(13-7-4-8-14(21)9-13)15-10-16(15)25-18(23-19)22-17(24)12-5-2-1-3-6-12/h1-8,14,16H,9-10H2,(H,23,24,25);1-8,14,16H,9-10H2,(H,23,24,27);1-6,9,14,17H,7-8,10H2,(H2,22,24);1-9,15-16H,10-11,21H2,(H,22,23,24)/t2*14-,16+,19+;14-,17+,19+;15-,16+,19+/m0000/s1. The first-order valence-corrected chi connectivity index (χ1v) is 35.2. The number of alkyl halides is 4. The molecule has 21 nitrogen and oxygen atoms in total. The van der Waals surface area contributed by atoms with Crippen LogP contribution in [0.1, 0.15) is 95.1 Å². The summed E-state index contributed by atoms with van der Waals surface area (Å²) in [6.07, 6.45) is 3.63. The van der Waals surface area contributed by atoms with Crippen molar-refractivity contribution in [2.45, 2.75) is 78.7 Å². The maximum atomic E-state index is 14.4. The molecular weight excluding hydrogens is 1490 g/mol. The van der Waals surface area contributed by atoms with Crippen molar-refractivity contribution in [3.05, 3.63) is 274 Å². The molecule has 0 saturated heterocycles. The number of carbonyl (C=O) groups excluding carboxylic acids is 4. The normalized spacial score (nSPS) is 26.1. The number of hydrogen-bond acceptors (Lipinski definition) is 16.